The van der Waals surface area contributed by atoms with Crippen LogP contribution < -0.4 is 4.90 Å². The van der Waals surface area contributed by atoms with Crippen molar-refractivity contribution >= 4 is 11.8 Å². The number of hydrogen-bond donors (Lipinski definition) is 0. The number of carbonyl (C=O) groups excluding carboxylic acids is 1. The first kappa shape index (κ1) is 11.0. The molecule has 0 radical (unpaired) electrons. The summed E-state index contributed by atoms with van der Waals surface area (Å²) in [5.74, 6) is 0. The Morgan fingerprint density at radius 3 is 2.25 bits per heavy atom. The molecule has 1 aromatic carbocycles. The van der Waals surface area contributed by atoms with Crippen molar-refractivity contribution in [1.82, 2.24) is 0 Å². The Morgan fingerprint density at radius 1 is 1.19 bits per heavy atom. The number of hydrogen-bond acceptors (Lipinski definition) is 2. The van der Waals surface area contributed by atoms with Crippen LogP contribution in [-0.4, -0.2) is 19.2 Å². The smallest absolute Gasteiger partial charge is 0.414 e. The monoisotopic (exact) mass is 219 g/mol. The molecular weight excluding hydrogens is 202 g/mol. The maximum absolute atomic E-state index is 11.4. The molecule has 0 aliphatic carbocycles. The lowest BCUT2D eigenvalue weighted by molar-refractivity contribution is 0.181. The third-order valence-electron chi connectivity index (χ3n) is 2.81. The van der Waals surface area contributed by atoms with Crippen LogP contribution in [0.15, 0.2) is 24.3 Å². The van der Waals surface area contributed by atoms with Crippen LogP contribution in [0.1, 0.15) is 26.3 Å². The van der Waals surface area contributed by atoms with E-state index in [4.69, 9.17) is 4.74 Å². The van der Waals surface area contributed by atoms with E-state index in [-0.39, 0.29) is 11.5 Å². The molecule has 3 nitrogen and oxygen atoms in total. The topological polar surface area (TPSA) is 29.5 Å². The Bertz CT molecular complexity index is 389. The van der Waals surface area contributed by atoms with E-state index in [0.29, 0.717) is 13.2 Å². The first-order valence-electron chi connectivity index (χ1n) is 5.53. The third kappa shape index (κ3) is 2.03. The molecule has 86 valence electrons. The molecule has 2 rings (SSSR count). The van der Waals surface area contributed by atoms with Gasteiger partial charge in [0.15, 0.2) is 0 Å². The van der Waals surface area contributed by atoms with Crippen molar-refractivity contribution in [2.24, 2.45) is 0 Å². The van der Waals surface area contributed by atoms with Crippen LogP contribution in [0.5, 0.6) is 0 Å². The van der Waals surface area contributed by atoms with Crippen molar-refractivity contribution in [1.29, 1.82) is 0 Å². The highest BCUT2D eigenvalue weighted by Crippen LogP contribution is 2.25. The first-order chi connectivity index (χ1) is 7.48. The Hall–Kier alpha value is -1.51. The Kier molecular flexibility index (Phi) is 2.62. The van der Waals surface area contributed by atoms with Crippen molar-refractivity contribution in [2.75, 3.05) is 18.1 Å². The van der Waals surface area contributed by atoms with Crippen LogP contribution >= 0.6 is 0 Å². The fourth-order valence-corrected chi connectivity index (χ4v) is 1.77. The molecule has 3 heteroatoms. The van der Waals surface area contributed by atoms with Crippen molar-refractivity contribution in [2.45, 2.75) is 26.2 Å². The van der Waals surface area contributed by atoms with Crippen LogP contribution in [0.3, 0.4) is 0 Å². The minimum Gasteiger partial charge on any atom is -0.447 e. The van der Waals surface area contributed by atoms with Gasteiger partial charge in [-0.2, -0.15) is 0 Å². The van der Waals surface area contributed by atoms with Crippen LogP contribution in [0.2, 0.25) is 0 Å². The van der Waals surface area contributed by atoms with Crippen LogP contribution in [0.25, 0.3) is 0 Å². The summed E-state index contributed by atoms with van der Waals surface area (Å²) >= 11 is 0. The average Bonchev–Trinajstić information content (AvgIpc) is 2.63. The van der Waals surface area contributed by atoms with Gasteiger partial charge >= 0.3 is 6.09 Å². The molecule has 0 bridgehead atoms. The van der Waals surface area contributed by atoms with Gasteiger partial charge in [-0.1, -0.05) is 32.9 Å². The van der Waals surface area contributed by atoms with E-state index in [1.165, 1.54) is 5.56 Å². The molecule has 0 N–H and O–H groups in total. The number of cyclic esters (lactones) is 1. The van der Waals surface area contributed by atoms with Gasteiger partial charge in [0.25, 0.3) is 0 Å². The normalized spacial score (nSPS) is 16.4. The van der Waals surface area contributed by atoms with E-state index in [9.17, 15) is 4.79 Å². The fraction of sp³-hybridized carbons (Fsp3) is 0.462. The zero-order chi connectivity index (χ0) is 11.8. The zero-order valence-electron chi connectivity index (χ0n) is 9.99. The first-order valence-corrected chi connectivity index (χ1v) is 5.53. The van der Waals surface area contributed by atoms with Crippen LogP contribution in [0.4, 0.5) is 10.5 Å². The molecule has 1 saturated heterocycles. The minimum absolute atomic E-state index is 0.143. The number of carbonyl (C=O) groups is 1. The molecule has 0 aromatic heterocycles. The van der Waals surface area contributed by atoms with Crippen molar-refractivity contribution in [3.8, 4) is 0 Å². The highest BCUT2D eigenvalue weighted by atomic mass is 16.6. The summed E-state index contributed by atoms with van der Waals surface area (Å²) in [6, 6.07) is 8.10. The second-order valence-electron chi connectivity index (χ2n) is 5.06. The summed E-state index contributed by atoms with van der Waals surface area (Å²) < 4.78 is 4.90. The SMILES string of the molecule is CC(C)(C)c1ccc(N2CCOC2=O)cc1. The maximum Gasteiger partial charge on any atom is 0.414 e. The van der Waals surface area contributed by atoms with Gasteiger partial charge in [0.2, 0.25) is 0 Å². The van der Waals surface area contributed by atoms with E-state index >= 15 is 0 Å². The van der Waals surface area contributed by atoms with Crippen LogP contribution in [0, 0.1) is 0 Å². The van der Waals surface area contributed by atoms with Gasteiger partial charge in [-0.15, -0.1) is 0 Å². The third-order valence-corrected chi connectivity index (χ3v) is 2.81. The van der Waals surface area contributed by atoms with E-state index in [1.54, 1.807) is 4.90 Å². The van der Waals surface area contributed by atoms with Crippen molar-refractivity contribution in [3.63, 3.8) is 0 Å². The largest absolute Gasteiger partial charge is 0.447 e. The predicted octanol–water partition coefficient (Wildman–Crippen LogP) is 2.94. The van der Waals surface area contributed by atoms with Gasteiger partial charge in [-0.25, -0.2) is 4.79 Å². The fourth-order valence-electron chi connectivity index (χ4n) is 1.77. The second kappa shape index (κ2) is 3.81. The molecule has 0 unspecified atom stereocenters. The summed E-state index contributed by atoms with van der Waals surface area (Å²) in [6.45, 7) is 7.65. The lowest BCUT2D eigenvalue weighted by atomic mass is 9.87. The number of ether oxygens (including phenoxy) is 1. The lowest BCUT2D eigenvalue weighted by Gasteiger charge is -2.20. The molecule has 0 atom stereocenters. The molecule has 1 aromatic rings. The summed E-state index contributed by atoms with van der Waals surface area (Å²) in [5, 5.41) is 0. The molecule has 16 heavy (non-hydrogen) atoms. The van der Waals surface area contributed by atoms with Crippen molar-refractivity contribution in [3.05, 3.63) is 29.8 Å². The molecule has 0 saturated carbocycles. The van der Waals surface area contributed by atoms with Gasteiger partial charge in [-0.05, 0) is 23.1 Å². The number of nitrogens with zero attached hydrogens (tertiary/aromatic N) is 1. The highest BCUT2D eigenvalue weighted by Gasteiger charge is 2.23. The second-order valence-corrected chi connectivity index (χ2v) is 5.06. The van der Waals surface area contributed by atoms with Gasteiger partial charge in [-0.3, -0.25) is 4.90 Å². The molecule has 1 amide bonds. The summed E-state index contributed by atoms with van der Waals surface area (Å²) in [5.41, 5.74) is 2.32. The molecule has 1 heterocycles. The Morgan fingerprint density at radius 2 is 1.81 bits per heavy atom. The minimum atomic E-state index is -0.247. The van der Waals surface area contributed by atoms with Gasteiger partial charge in [0.1, 0.15) is 6.61 Å². The number of amides is 1. The molecule has 1 aliphatic heterocycles. The standard InChI is InChI=1S/C13H17NO2/c1-13(2,3)10-4-6-11(7-5-10)14-8-9-16-12(14)15/h4-7H,8-9H2,1-3H3. The number of rotatable bonds is 1. The van der Waals surface area contributed by atoms with Crippen molar-refractivity contribution < 1.29 is 9.53 Å². The van der Waals surface area contributed by atoms with E-state index in [0.717, 1.165) is 5.69 Å². The summed E-state index contributed by atoms with van der Waals surface area (Å²) in [4.78, 5) is 13.0. The van der Waals surface area contributed by atoms with E-state index in [2.05, 4.69) is 32.9 Å². The van der Waals surface area contributed by atoms with Gasteiger partial charge in [0.05, 0.1) is 6.54 Å². The number of benzene rings is 1. The Balaban J connectivity index is 2.22. The summed E-state index contributed by atoms with van der Waals surface area (Å²) in [7, 11) is 0. The maximum atomic E-state index is 11.4. The zero-order valence-corrected chi connectivity index (χ0v) is 9.99. The summed E-state index contributed by atoms with van der Waals surface area (Å²) in [6.07, 6.45) is -0.247. The highest BCUT2D eigenvalue weighted by molar-refractivity contribution is 5.89. The van der Waals surface area contributed by atoms with E-state index < -0.39 is 0 Å². The van der Waals surface area contributed by atoms with E-state index in [1.807, 2.05) is 12.1 Å². The Labute approximate surface area is 96.0 Å². The lowest BCUT2D eigenvalue weighted by Crippen LogP contribution is -2.23. The predicted molar refractivity (Wildman–Crippen MR) is 63.8 cm³/mol. The molecular formula is C13H17NO2. The van der Waals surface area contributed by atoms with Crippen LogP contribution in [-0.2, 0) is 10.2 Å². The van der Waals surface area contributed by atoms with Gasteiger partial charge < -0.3 is 4.74 Å². The van der Waals surface area contributed by atoms with Gasteiger partial charge in [0, 0.05) is 5.69 Å². The quantitative estimate of drug-likeness (QED) is 0.726. The molecule has 0 spiro atoms. The molecule has 1 aliphatic rings. The average molecular weight is 219 g/mol. The number of anilines is 1. The molecule has 1 fully saturated rings.